The van der Waals surface area contributed by atoms with Gasteiger partial charge in [-0.05, 0) is 13.8 Å². The fourth-order valence-electron chi connectivity index (χ4n) is 0.727. The quantitative estimate of drug-likeness (QED) is 0.315. The first-order valence-electron chi connectivity index (χ1n) is 4.37. The monoisotopic (exact) mass is 197 g/mol. The van der Waals surface area contributed by atoms with Gasteiger partial charge in [0.1, 0.15) is 11.6 Å². The molecule has 0 bridgehead atoms. The van der Waals surface area contributed by atoms with E-state index in [-0.39, 0.29) is 18.2 Å². The third-order valence-corrected chi connectivity index (χ3v) is 1.29. The predicted molar refractivity (Wildman–Crippen MR) is 52.1 cm³/mol. The lowest BCUT2D eigenvalue weighted by atomic mass is 10.2. The van der Waals surface area contributed by atoms with Crippen molar-refractivity contribution in [2.75, 3.05) is 13.2 Å². The standard InChI is InChI=1S/C9H15N3O2/c1-7(2)12-9(14)8(5-10)6-11-3-4-13/h6-7,11,13H,3-4H2,1-2H3,(H,12,14)/b8-6-. The van der Waals surface area contributed by atoms with Gasteiger partial charge in [-0.1, -0.05) is 0 Å². The Bertz CT molecular complexity index is 253. The molecule has 0 atom stereocenters. The average Bonchev–Trinajstić information content (AvgIpc) is 2.11. The second kappa shape index (κ2) is 6.92. The van der Waals surface area contributed by atoms with Gasteiger partial charge in [-0.15, -0.1) is 0 Å². The van der Waals surface area contributed by atoms with E-state index >= 15 is 0 Å². The third kappa shape index (κ3) is 5.17. The number of hydrogen-bond donors (Lipinski definition) is 3. The molecule has 0 aromatic rings. The van der Waals surface area contributed by atoms with Gasteiger partial charge >= 0.3 is 0 Å². The van der Waals surface area contributed by atoms with Crippen LogP contribution < -0.4 is 10.6 Å². The first-order valence-corrected chi connectivity index (χ1v) is 4.37. The number of aliphatic hydroxyl groups excluding tert-OH is 1. The highest BCUT2D eigenvalue weighted by Gasteiger charge is 2.08. The van der Waals surface area contributed by atoms with E-state index in [2.05, 4.69) is 10.6 Å². The second-order valence-electron chi connectivity index (χ2n) is 2.98. The Kier molecular flexibility index (Phi) is 6.16. The highest BCUT2D eigenvalue weighted by Crippen LogP contribution is 1.91. The smallest absolute Gasteiger partial charge is 0.263 e. The van der Waals surface area contributed by atoms with E-state index < -0.39 is 5.91 Å². The maximum atomic E-state index is 11.3. The maximum Gasteiger partial charge on any atom is 0.263 e. The van der Waals surface area contributed by atoms with Crippen LogP contribution in [0.15, 0.2) is 11.8 Å². The lowest BCUT2D eigenvalue weighted by molar-refractivity contribution is -0.117. The largest absolute Gasteiger partial charge is 0.395 e. The number of carbonyl (C=O) groups is 1. The van der Waals surface area contributed by atoms with Crippen molar-refractivity contribution < 1.29 is 9.90 Å². The molecule has 0 aliphatic rings. The molecule has 1 amide bonds. The second-order valence-corrected chi connectivity index (χ2v) is 2.98. The number of hydrogen-bond acceptors (Lipinski definition) is 4. The summed E-state index contributed by atoms with van der Waals surface area (Å²) in [7, 11) is 0. The Morgan fingerprint density at radius 1 is 1.64 bits per heavy atom. The highest BCUT2D eigenvalue weighted by molar-refractivity contribution is 5.97. The van der Waals surface area contributed by atoms with Crippen LogP contribution in [0.5, 0.6) is 0 Å². The van der Waals surface area contributed by atoms with Crippen molar-refractivity contribution in [2.45, 2.75) is 19.9 Å². The minimum Gasteiger partial charge on any atom is -0.395 e. The van der Waals surface area contributed by atoms with Crippen molar-refractivity contribution >= 4 is 5.91 Å². The van der Waals surface area contributed by atoms with Crippen molar-refractivity contribution in [3.05, 3.63) is 11.8 Å². The number of nitrogens with one attached hydrogen (secondary N) is 2. The highest BCUT2D eigenvalue weighted by atomic mass is 16.3. The minimum absolute atomic E-state index is 0.00269. The van der Waals surface area contributed by atoms with Crippen LogP contribution in [0.25, 0.3) is 0 Å². The van der Waals surface area contributed by atoms with E-state index in [1.54, 1.807) is 6.07 Å². The van der Waals surface area contributed by atoms with Crippen molar-refractivity contribution in [2.24, 2.45) is 0 Å². The van der Waals surface area contributed by atoms with Crippen LogP contribution in [0.3, 0.4) is 0 Å². The first-order chi connectivity index (χ1) is 6.61. The molecule has 78 valence electrons. The zero-order chi connectivity index (χ0) is 11.0. The molecule has 0 heterocycles. The van der Waals surface area contributed by atoms with E-state index in [0.29, 0.717) is 6.54 Å². The molecule has 0 fully saturated rings. The zero-order valence-electron chi connectivity index (χ0n) is 8.37. The normalized spacial score (nSPS) is 10.9. The van der Waals surface area contributed by atoms with Crippen LogP contribution in [0.4, 0.5) is 0 Å². The maximum absolute atomic E-state index is 11.3. The van der Waals surface area contributed by atoms with Gasteiger partial charge in [-0.2, -0.15) is 5.26 Å². The summed E-state index contributed by atoms with van der Waals surface area (Å²) in [6, 6.07) is 1.77. The lowest BCUT2D eigenvalue weighted by Crippen LogP contribution is -2.31. The molecule has 0 aliphatic heterocycles. The molecule has 3 N–H and O–H groups in total. The molecular weight excluding hydrogens is 182 g/mol. The molecule has 0 aromatic heterocycles. The average molecular weight is 197 g/mol. The van der Waals surface area contributed by atoms with Crippen molar-refractivity contribution in [1.82, 2.24) is 10.6 Å². The van der Waals surface area contributed by atoms with E-state index in [1.165, 1.54) is 6.20 Å². The number of nitrogens with zero attached hydrogens (tertiary/aromatic N) is 1. The number of carbonyl (C=O) groups excluding carboxylic acids is 1. The van der Waals surface area contributed by atoms with E-state index in [0.717, 1.165) is 0 Å². The topological polar surface area (TPSA) is 85.2 Å². The fourth-order valence-corrected chi connectivity index (χ4v) is 0.727. The number of nitriles is 1. The Hall–Kier alpha value is -1.54. The summed E-state index contributed by atoms with van der Waals surface area (Å²) in [5.41, 5.74) is 0.00662. The Balaban J connectivity index is 4.20. The molecule has 14 heavy (non-hydrogen) atoms. The van der Waals surface area contributed by atoms with Crippen molar-refractivity contribution in [1.29, 1.82) is 5.26 Å². The van der Waals surface area contributed by atoms with Gasteiger partial charge in [0.2, 0.25) is 0 Å². The molecule has 0 radical (unpaired) electrons. The van der Waals surface area contributed by atoms with Crippen LogP contribution in [0.2, 0.25) is 0 Å². The summed E-state index contributed by atoms with van der Waals surface area (Å²) in [5.74, 6) is -0.409. The molecule has 0 rings (SSSR count). The molecule has 0 spiro atoms. The minimum atomic E-state index is -0.409. The van der Waals surface area contributed by atoms with Gasteiger partial charge in [-0.25, -0.2) is 0 Å². The van der Waals surface area contributed by atoms with Gasteiger partial charge < -0.3 is 15.7 Å². The predicted octanol–water partition coefficient (Wildman–Crippen LogP) is -0.500. The van der Waals surface area contributed by atoms with E-state index in [4.69, 9.17) is 10.4 Å². The lowest BCUT2D eigenvalue weighted by Gasteiger charge is -2.06. The van der Waals surface area contributed by atoms with Crippen LogP contribution in [-0.4, -0.2) is 30.2 Å². The molecular formula is C9H15N3O2. The Labute approximate surface area is 83.4 Å². The molecule has 0 unspecified atom stereocenters. The van der Waals surface area contributed by atoms with Crippen molar-refractivity contribution in [3.8, 4) is 6.07 Å². The summed E-state index contributed by atoms with van der Waals surface area (Å²) in [4.78, 5) is 11.3. The molecule has 5 nitrogen and oxygen atoms in total. The van der Waals surface area contributed by atoms with Crippen LogP contribution in [-0.2, 0) is 4.79 Å². The van der Waals surface area contributed by atoms with Gasteiger partial charge in [-0.3, -0.25) is 4.79 Å². The van der Waals surface area contributed by atoms with Crippen LogP contribution in [0.1, 0.15) is 13.8 Å². The van der Waals surface area contributed by atoms with Gasteiger partial charge in [0, 0.05) is 18.8 Å². The summed E-state index contributed by atoms with van der Waals surface area (Å²) >= 11 is 0. The van der Waals surface area contributed by atoms with Gasteiger partial charge in [0.15, 0.2) is 0 Å². The van der Waals surface area contributed by atoms with Crippen molar-refractivity contribution in [3.63, 3.8) is 0 Å². The molecule has 0 saturated carbocycles. The van der Waals surface area contributed by atoms with E-state index in [9.17, 15) is 4.79 Å². The third-order valence-electron chi connectivity index (χ3n) is 1.29. The summed E-state index contributed by atoms with van der Waals surface area (Å²) in [6.07, 6.45) is 1.30. The molecule has 0 saturated heterocycles. The first kappa shape index (κ1) is 12.5. The van der Waals surface area contributed by atoms with E-state index in [1.807, 2.05) is 13.8 Å². The molecule has 0 aromatic carbocycles. The fraction of sp³-hybridized carbons (Fsp3) is 0.556. The van der Waals surface area contributed by atoms with Crippen LogP contribution >= 0.6 is 0 Å². The van der Waals surface area contributed by atoms with Crippen LogP contribution in [0, 0.1) is 11.3 Å². The molecule has 0 aliphatic carbocycles. The van der Waals surface area contributed by atoms with Gasteiger partial charge in [0.05, 0.1) is 6.61 Å². The number of aliphatic hydroxyl groups is 1. The summed E-state index contributed by atoms with van der Waals surface area (Å²) < 4.78 is 0. The SMILES string of the molecule is CC(C)NC(=O)/C(C#N)=C\NCCO. The number of amides is 1. The Morgan fingerprint density at radius 3 is 2.71 bits per heavy atom. The zero-order valence-corrected chi connectivity index (χ0v) is 8.37. The summed E-state index contributed by atoms with van der Waals surface area (Å²) in [5, 5.41) is 22.3. The number of rotatable bonds is 5. The van der Waals surface area contributed by atoms with Gasteiger partial charge in [0.25, 0.3) is 5.91 Å². The Morgan fingerprint density at radius 2 is 2.29 bits per heavy atom. The summed E-state index contributed by atoms with van der Waals surface area (Å²) in [6.45, 7) is 3.91. The molecule has 5 heteroatoms.